The standard InChI is InChI=1S/C18H16N8O2/c1-13-7-9-14(10-8-13)18-20-23-25(21-18)11-17(27)28-12-16-19-22-24-26(16)15-5-3-2-4-6-15/h2-10H,11-12H2,1H3. The van der Waals surface area contributed by atoms with Gasteiger partial charge in [-0.3, -0.25) is 0 Å². The molecule has 0 aliphatic carbocycles. The monoisotopic (exact) mass is 376 g/mol. The van der Waals surface area contributed by atoms with Crippen LogP contribution in [0.5, 0.6) is 0 Å². The van der Waals surface area contributed by atoms with Gasteiger partial charge in [0.25, 0.3) is 0 Å². The smallest absolute Gasteiger partial charge is 0.330 e. The number of nitrogens with zero attached hydrogens (tertiary/aromatic N) is 8. The Labute approximate surface area is 159 Å². The number of hydrogen-bond acceptors (Lipinski definition) is 8. The third-order valence-electron chi connectivity index (χ3n) is 3.93. The SMILES string of the molecule is Cc1ccc(-c2nnn(CC(=O)OCc3nnnn3-c3ccccc3)n2)cc1. The van der Waals surface area contributed by atoms with E-state index in [0.29, 0.717) is 11.6 Å². The van der Waals surface area contributed by atoms with Gasteiger partial charge in [0, 0.05) is 5.56 Å². The minimum atomic E-state index is -0.518. The molecular formula is C18H16N8O2. The number of carbonyl (C=O) groups excluding carboxylic acids is 1. The molecule has 0 spiro atoms. The lowest BCUT2D eigenvalue weighted by Gasteiger charge is -2.05. The number of para-hydroxylation sites is 1. The number of rotatable bonds is 6. The minimum absolute atomic E-state index is 0.0692. The van der Waals surface area contributed by atoms with E-state index in [1.807, 2.05) is 61.5 Å². The van der Waals surface area contributed by atoms with Crippen molar-refractivity contribution in [3.63, 3.8) is 0 Å². The molecule has 2 aromatic heterocycles. The van der Waals surface area contributed by atoms with Crippen LogP contribution in [0.3, 0.4) is 0 Å². The zero-order valence-corrected chi connectivity index (χ0v) is 15.0. The first-order valence-corrected chi connectivity index (χ1v) is 8.52. The van der Waals surface area contributed by atoms with Gasteiger partial charge in [0.1, 0.15) is 0 Å². The molecule has 28 heavy (non-hydrogen) atoms. The average Bonchev–Trinajstić information content (AvgIpc) is 3.37. The molecule has 0 amide bonds. The first-order valence-electron chi connectivity index (χ1n) is 8.52. The molecule has 0 aliphatic rings. The number of hydrogen-bond donors (Lipinski definition) is 0. The van der Waals surface area contributed by atoms with Gasteiger partial charge >= 0.3 is 5.97 Å². The van der Waals surface area contributed by atoms with Crippen LogP contribution in [-0.2, 0) is 22.7 Å². The Hall–Kier alpha value is -3.95. The highest BCUT2D eigenvalue weighted by molar-refractivity contribution is 5.68. The fourth-order valence-corrected chi connectivity index (χ4v) is 2.50. The molecule has 0 fully saturated rings. The van der Waals surface area contributed by atoms with E-state index < -0.39 is 5.97 Å². The predicted octanol–water partition coefficient (Wildman–Crippen LogP) is 1.37. The lowest BCUT2D eigenvalue weighted by molar-refractivity contribution is -0.146. The van der Waals surface area contributed by atoms with Crippen LogP contribution < -0.4 is 0 Å². The molecule has 4 aromatic rings. The average molecular weight is 376 g/mol. The van der Waals surface area contributed by atoms with Crippen LogP contribution in [0.25, 0.3) is 17.1 Å². The van der Waals surface area contributed by atoms with E-state index in [1.165, 1.54) is 9.48 Å². The van der Waals surface area contributed by atoms with Gasteiger partial charge in [-0.1, -0.05) is 48.0 Å². The van der Waals surface area contributed by atoms with Crippen LogP contribution in [0, 0.1) is 6.92 Å². The molecule has 4 rings (SSSR count). The zero-order valence-electron chi connectivity index (χ0n) is 15.0. The van der Waals surface area contributed by atoms with Crippen molar-refractivity contribution >= 4 is 5.97 Å². The molecule has 0 aliphatic heterocycles. The van der Waals surface area contributed by atoms with Crippen LogP contribution >= 0.6 is 0 Å². The molecule has 10 heteroatoms. The first-order chi connectivity index (χ1) is 13.7. The second kappa shape index (κ2) is 7.74. The number of ether oxygens (including phenoxy) is 1. The molecular weight excluding hydrogens is 360 g/mol. The van der Waals surface area contributed by atoms with E-state index in [1.54, 1.807) is 0 Å². The Morgan fingerprint density at radius 2 is 1.79 bits per heavy atom. The summed E-state index contributed by atoms with van der Waals surface area (Å²) in [5.41, 5.74) is 2.74. The van der Waals surface area contributed by atoms with Gasteiger partial charge in [-0.15, -0.1) is 15.3 Å². The number of tetrazole rings is 2. The lowest BCUT2D eigenvalue weighted by atomic mass is 10.1. The van der Waals surface area contributed by atoms with E-state index in [9.17, 15) is 4.79 Å². The van der Waals surface area contributed by atoms with Crippen molar-refractivity contribution in [2.24, 2.45) is 0 Å². The highest BCUT2D eigenvalue weighted by atomic mass is 16.5. The van der Waals surface area contributed by atoms with Crippen LogP contribution in [-0.4, -0.2) is 46.4 Å². The number of aryl methyl sites for hydroxylation is 1. The number of benzene rings is 2. The van der Waals surface area contributed by atoms with Crippen LogP contribution in [0.1, 0.15) is 11.4 Å². The maximum absolute atomic E-state index is 12.1. The molecule has 10 nitrogen and oxygen atoms in total. The fraction of sp³-hybridized carbons (Fsp3) is 0.167. The molecule has 0 atom stereocenters. The van der Waals surface area contributed by atoms with Crippen molar-refractivity contribution in [1.29, 1.82) is 0 Å². The number of aromatic nitrogens is 8. The summed E-state index contributed by atoms with van der Waals surface area (Å²) in [6.07, 6.45) is 0. The van der Waals surface area contributed by atoms with Crippen molar-refractivity contribution in [2.75, 3.05) is 0 Å². The van der Waals surface area contributed by atoms with Crippen LogP contribution in [0.2, 0.25) is 0 Å². The molecule has 2 heterocycles. The Balaban J connectivity index is 1.37. The van der Waals surface area contributed by atoms with Crippen molar-refractivity contribution in [3.05, 3.63) is 66.0 Å². The quantitative estimate of drug-likeness (QED) is 0.464. The largest absolute Gasteiger partial charge is 0.456 e. The summed E-state index contributed by atoms with van der Waals surface area (Å²) in [7, 11) is 0. The predicted molar refractivity (Wildman–Crippen MR) is 96.9 cm³/mol. The van der Waals surface area contributed by atoms with Gasteiger partial charge in [0.2, 0.25) is 5.82 Å². The topological polar surface area (TPSA) is 114 Å². The fourth-order valence-electron chi connectivity index (χ4n) is 2.50. The summed E-state index contributed by atoms with van der Waals surface area (Å²) in [5.74, 6) is 0.336. The van der Waals surface area contributed by atoms with Crippen molar-refractivity contribution in [3.8, 4) is 17.1 Å². The van der Waals surface area contributed by atoms with E-state index in [0.717, 1.165) is 16.8 Å². The Morgan fingerprint density at radius 1 is 1.00 bits per heavy atom. The normalized spacial score (nSPS) is 10.8. The van der Waals surface area contributed by atoms with Gasteiger partial charge in [-0.05, 0) is 34.7 Å². The van der Waals surface area contributed by atoms with Gasteiger partial charge in [0.05, 0.1) is 5.69 Å². The summed E-state index contributed by atoms with van der Waals surface area (Å²) < 4.78 is 6.76. The molecule has 0 radical (unpaired) electrons. The summed E-state index contributed by atoms with van der Waals surface area (Å²) >= 11 is 0. The second-order valence-electron chi connectivity index (χ2n) is 6.01. The molecule has 0 bridgehead atoms. The molecule has 0 unspecified atom stereocenters. The van der Waals surface area contributed by atoms with Crippen molar-refractivity contribution in [2.45, 2.75) is 20.1 Å². The Bertz CT molecular complexity index is 1070. The first kappa shape index (κ1) is 17.5. The Kier molecular flexibility index (Phi) is 4.83. The van der Waals surface area contributed by atoms with Crippen LogP contribution in [0.15, 0.2) is 54.6 Å². The maximum atomic E-state index is 12.1. The molecule has 2 aromatic carbocycles. The molecule has 0 N–H and O–H groups in total. The van der Waals surface area contributed by atoms with E-state index >= 15 is 0 Å². The zero-order chi connectivity index (χ0) is 19.3. The third-order valence-corrected chi connectivity index (χ3v) is 3.93. The Morgan fingerprint density at radius 3 is 2.57 bits per heavy atom. The van der Waals surface area contributed by atoms with E-state index in [2.05, 4.69) is 30.9 Å². The summed E-state index contributed by atoms with van der Waals surface area (Å²) in [5, 5.41) is 23.5. The molecule has 0 saturated heterocycles. The maximum Gasteiger partial charge on any atom is 0.330 e. The third kappa shape index (κ3) is 3.90. The number of carbonyl (C=O) groups is 1. The summed E-state index contributed by atoms with van der Waals surface area (Å²) in [6.45, 7) is 1.77. The van der Waals surface area contributed by atoms with Gasteiger partial charge in [0.15, 0.2) is 19.0 Å². The lowest BCUT2D eigenvalue weighted by Crippen LogP contribution is -2.17. The van der Waals surface area contributed by atoms with Crippen molar-refractivity contribution < 1.29 is 9.53 Å². The molecule has 0 saturated carbocycles. The van der Waals surface area contributed by atoms with E-state index in [-0.39, 0.29) is 13.2 Å². The highest BCUT2D eigenvalue weighted by Gasteiger charge is 2.13. The second-order valence-corrected chi connectivity index (χ2v) is 6.01. The van der Waals surface area contributed by atoms with Gasteiger partial charge < -0.3 is 4.74 Å². The van der Waals surface area contributed by atoms with Gasteiger partial charge in [-0.25, -0.2) is 4.79 Å². The minimum Gasteiger partial charge on any atom is -0.456 e. The number of esters is 1. The van der Waals surface area contributed by atoms with Crippen LogP contribution in [0.4, 0.5) is 0 Å². The van der Waals surface area contributed by atoms with Gasteiger partial charge in [-0.2, -0.15) is 9.48 Å². The van der Waals surface area contributed by atoms with Crippen molar-refractivity contribution in [1.82, 2.24) is 40.4 Å². The highest BCUT2D eigenvalue weighted by Crippen LogP contribution is 2.14. The summed E-state index contributed by atoms with van der Waals surface area (Å²) in [6, 6.07) is 17.1. The molecule has 140 valence electrons. The van der Waals surface area contributed by atoms with E-state index in [4.69, 9.17) is 4.74 Å². The summed E-state index contributed by atoms with van der Waals surface area (Å²) in [4.78, 5) is 13.3.